The highest BCUT2D eigenvalue weighted by Crippen LogP contribution is 2.49. The van der Waals surface area contributed by atoms with Gasteiger partial charge in [0, 0.05) is 5.92 Å². The first kappa shape index (κ1) is 10.7. The second-order valence-corrected chi connectivity index (χ2v) is 5.56. The monoisotopic (exact) mass is 212 g/mol. The predicted molar refractivity (Wildman–Crippen MR) is 55.0 cm³/mol. The smallest absolute Gasteiger partial charge is 0.345 e. The van der Waals surface area contributed by atoms with Crippen molar-refractivity contribution in [2.45, 2.75) is 44.9 Å². The van der Waals surface area contributed by atoms with Crippen molar-refractivity contribution in [3.05, 3.63) is 12.2 Å². The van der Waals surface area contributed by atoms with Crippen molar-refractivity contribution < 1.29 is 13.9 Å². The van der Waals surface area contributed by atoms with Gasteiger partial charge in [-0.25, -0.2) is 9.18 Å². The molecule has 0 aromatic carbocycles. The number of rotatable bonds is 1. The van der Waals surface area contributed by atoms with Crippen LogP contribution in [0.15, 0.2) is 12.2 Å². The lowest BCUT2D eigenvalue weighted by molar-refractivity contribution is -0.171. The van der Waals surface area contributed by atoms with Crippen LogP contribution in [-0.4, -0.2) is 17.2 Å². The van der Waals surface area contributed by atoms with Gasteiger partial charge in [0.25, 0.3) is 0 Å². The fourth-order valence-electron chi connectivity index (χ4n) is 2.40. The molecule has 2 bridgehead atoms. The van der Waals surface area contributed by atoms with E-state index in [4.69, 9.17) is 4.74 Å². The van der Waals surface area contributed by atoms with Gasteiger partial charge in [0.1, 0.15) is 5.60 Å². The summed E-state index contributed by atoms with van der Waals surface area (Å²) in [5.41, 5.74) is -2.38. The number of esters is 1. The minimum absolute atomic E-state index is 0.229. The Kier molecular flexibility index (Phi) is 2.18. The van der Waals surface area contributed by atoms with Crippen LogP contribution < -0.4 is 0 Å². The van der Waals surface area contributed by atoms with E-state index < -0.39 is 17.2 Å². The third kappa shape index (κ3) is 1.80. The lowest BCUT2D eigenvalue weighted by Gasteiger charge is -2.29. The summed E-state index contributed by atoms with van der Waals surface area (Å²) in [5, 5.41) is 0. The van der Waals surface area contributed by atoms with Gasteiger partial charge in [-0.15, -0.1) is 0 Å². The van der Waals surface area contributed by atoms with Gasteiger partial charge in [-0.1, -0.05) is 12.2 Å². The molecule has 84 valence electrons. The van der Waals surface area contributed by atoms with Crippen LogP contribution in [0.1, 0.15) is 33.6 Å². The SMILES string of the molecule is CC(C)(C)OC(=O)C1(F)CC2C=CC1C2. The van der Waals surface area contributed by atoms with E-state index in [2.05, 4.69) is 0 Å². The Labute approximate surface area is 89.5 Å². The molecule has 0 spiro atoms. The summed E-state index contributed by atoms with van der Waals surface area (Å²) >= 11 is 0. The molecule has 0 aromatic heterocycles. The summed E-state index contributed by atoms with van der Waals surface area (Å²) in [5.74, 6) is -0.725. The molecule has 3 unspecified atom stereocenters. The van der Waals surface area contributed by atoms with E-state index in [0.29, 0.717) is 6.42 Å². The third-order valence-corrected chi connectivity index (χ3v) is 3.06. The van der Waals surface area contributed by atoms with Gasteiger partial charge in [0.2, 0.25) is 5.67 Å². The first-order valence-electron chi connectivity index (χ1n) is 5.42. The lowest BCUT2D eigenvalue weighted by Crippen LogP contribution is -2.42. The zero-order chi connectivity index (χ0) is 11.3. The molecule has 2 aliphatic rings. The quantitative estimate of drug-likeness (QED) is 0.493. The van der Waals surface area contributed by atoms with E-state index in [1.165, 1.54) is 0 Å². The molecular weight excluding hydrogens is 195 g/mol. The van der Waals surface area contributed by atoms with Crippen molar-refractivity contribution in [3.63, 3.8) is 0 Å². The molecule has 0 radical (unpaired) electrons. The van der Waals surface area contributed by atoms with Crippen molar-refractivity contribution >= 4 is 5.97 Å². The topological polar surface area (TPSA) is 26.3 Å². The van der Waals surface area contributed by atoms with Crippen molar-refractivity contribution in [2.24, 2.45) is 11.8 Å². The number of carbonyl (C=O) groups is 1. The summed E-state index contributed by atoms with van der Waals surface area (Å²) in [6.07, 6.45) is 4.88. The summed E-state index contributed by atoms with van der Waals surface area (Å²) in [6, 6.07) is 0. The van der Waals surface area contributed by atoms with Gasteiger partial charge in [-0.05, 0) is 39.5 Å². The lowest BCUT2D eigenvalue weighted by atomic mass is 9.90. The van der Waals surface area contributed by atoms with Crippen molar-refractivity contribution in [1.29, 1.82) is 0 Å². The largest absolute Gasteiger partial charge is 0.458 e. The molecule has 0 aliphatic heterocycles. The average Bonchev–Trinajstić information content (AvgIpc) is 2.60. The number of halogens is 1. The Morgan fingerprint density at radius 3 is 2.53 bits per heavy atom. The Bertz CT molecular complexity index is 316. The molecule has 3 atom stereocenters. The standard InChI is InChI=1S/C12H17FO2/c1-11(2,3)15-10(14)12(13)7-8-4-5-9(12)6-8/h4-5,8-9H,6-7H2,1-3H3. The zero-order valence-electron chi connectivity index (χ0n) is 9.42. The van der Waals surface area contributed by atoms with Crippen LogP contribution in [-0.2, 0) is 9.53 Å². The van der Waals surface area contributed by atoms with E-state index >= 15 is 0 Å². The maximum atomic E-state index is 14.4. The number of ether oxygens (including phenoxy) is 1. The second kappa shape index (κ2) is 3.06. The highest BCUT2D eigenvalue weighted by Gasteiger charge is 2.56. The highest BCUT2D eigenvalue weighted by molar-refractivity contribution is 5.81. The van der Waals surface area contributed by atoms with Crippen molar-refractivity contribution in [2.75, 3.05) is 0 Å². The molecule has 0 amide bonds. The van der Waals surface area contributed by atoms with Gasteiger partial charge >= 0.3 is 5.97 Å². The van der Waals surface area contributed by atoms with Gasteiger partial charge in [-0.2, -0.15) is 0 Å². The Morgan fingerprint density at radius 1 is 1.47 bits per heavy atom. The van der Waals surface area contributed by atoms with Crippen molar-refractivity contribution in [3.8, 4) is 0 Å². The van der Waals surface area contributed by atoms with Crippen LogP contribution in [0.3, 0.4) is 0 Å². The maximum Gasteiger partial charge on any atom is 0.345 e. The minimum Gasteiger partial charge on any atom is -0.458 e. The Balaban J connectivity index is 2.11. The fourth-order valence-corrected chi connectivity index (χ4v) is 2.40. The normalized spacial score (nSPS) is 38.4. The summed E-state index contributed by atoms with van der Waals surface area (Å²) in [7, 11) is 0. The number of alkyl halides is 1. The highest BCUT2D eigenvalue weighted by atomic mass is 19.1. The number of hydrogen-bond donors (Lipinski definition) is 0. The fraction of sp³-hybridized carbons (Fsp3) is 0.750. The number of fused-ring (bicyclic) bond motifs is 2. The van der Waals surface area contributed by atoms with Crippen molar-refractivity contribution in [1.82, 2.24) is 0 Å². The molecule has 2 nitrogen and oxygen atoms in total. The molecule has 1 fully saturated rings. The first-order valence-corrected chi connectivity index (χ1v) is 5.42. The number of hydrogen-bond acceptors (Lipinski definition) is 2. The van der Waals surface area contributed by atoms with Crippen LogP contribution in [0.25, 0.3) is 0 Å². The molecule has 0 N–H and O–H groups in total. The Hall–Kier alpha value is -0.860. The summed E-state index contributed by atoms with van der Waals surface area (Å²) in [6.45, 7) is 5.28. The molecule has 15 heavy (non-hydrogen) atoms. The zero-order valence-corrected chi connectivity index (χ0v) is 9.42. The van der Waals surface area contributed by atoms with Crippen LogP contribution in [0, 0.1) is 11.8 Å². The number of carbonyl (C=O) groups excluding carboxylic acids is 1. The van der Waals surface area contributed by atoms with E-state index in [1.807, 2.05) is 12.2 Å². The molecule has 0 saturated heterocycles. The van der Waals surface area contributed by atoms with E-state index in [0.717, 1.165) is 6.42 Å². The molecule has 1 saturated carbocycles. The predicted octanol–water partition coefficient (Wildman–Crippen LogP) is 2.63. The van der Waals surface area contributed by atoms with E-state index in [-0.39, 0.29) is 11.8 Å². The van der Waals surface area contributed by atoms with E-state index in [1.54, 1.807) is 20.8 Å². The van der Waals surface area contributed by atoms with Crippen LogP contribution in [0.5, 0.6) is 0 Å². The van der Waals surface area contributed by atoms with Gasteiger partial charge in [-0.3, -0.25) is 0 Å². The maximum absolute atomic E-state index is 14.4. The first-order chi connectivity index (χ1) is 6.81. The molecule has 0 heterocycles. The van der Waals surface area contributed by atoms with Gasteiger partial charge in [0.15, 0.2) is 0 Å². The third-order valence-electron chi connectivity index (χ3n) is 3.06. The molecular formula is C12H17FO2. The van der Waals surface area contributed by atoms with Crippen LogP contribution in [0.4, 0.5) is 4.39 Å². The minimum atomic E-state index is -1.77. The average molecular weight is 212 g/mol. The summed E-state index contributed by atoms with van der Waals surface area (Å²) < 4.78 is 19.5. The molecule has 2 rings (SSSR count). The summed E-state index contributed by atoms with van der Waals surface area (Å²) in [4.78, 5) is 11.7. The van der Waals surface area contributed by atoms with Crippen LogP contribution >= 0.6 is 0 Å². The number of allylic oxidation sites excluding steroid dienone is 2. The van der Waals surface area contributed by atoms with Gasteiger partial charge in [0.05, 0.1) is 0 Å². The second-order valence-electron chi connectivity index (χ2n) is 5.56. The Morgan fingerprint density at radius 2 is 2.13 bits per heavy atom. The van der Waals surface area contributed by atoms with E-state index in [9.17, 15) is 9.18 Å². The molecule has 3 heteroatoms. The van der Waals surface area contributed by atoms with Gasteiger partial charge < -0.3 is 4.74 Å². The molecule has 0 aromatic rings. The molecule has 2 aliphatic carbocycles. The van der Waals surface area contributed by atoms with Crippen LogP contribution in [0.2, 0.25) is 0 Å².